The maximum atomic E-state index is 12.9. The minimum Gasteiger partial charge on any atom is -0.493 e. The summed E-state index contributed by atoms with van der Waals surface area (Å²) in [6.45, 7) is 5.38. The lowest BCUT2D eigenvalue weighted by atomic mass is 9.98. The molecule has 3 aromatic rings. The molecule has 0 radical (unpaired) electrons. The maximum absolute atomic E-state index is 12.9. The highest BCUT2D eigenvalue weighted by molar-refractivity contribution is 7.89. The molecule has 0 fully saturated rings. The van der Waals surface area contributed by atoms with Gasteiger partial charge in [0.25, 0.3) is 0 Å². The molecule has 3 aromatic carbocycles. The monoisotopic (exact) mass is 482 g/mol. The third-order valence-electron chi connectivity index (χ3n) is 6.63. The smallest absolute Gasteiger partial charge is 0.241 e. The zero-order valence-corrected chi connectivity index (χ0v) is 21.1. The van der Waals surface area contributed by atoms with Gasteiger partial charge >= 0.3 is 0 Å². The summed E-state index contributed by atoms with van der Waals surface area (Å²) < 4.78 is 39.5. The number of benzene rings is 3. The SMILES string of the molecule is COc1cc2c(cc1OC)CN(CCCCCNS(=O)(=O)c1ccc(C)c3ccccc13)CC2. The minimum absolute atomic E-state index is 0.354. The maximum Gasteiger partial charge on any atom is 0.241 e. The van der Waals surface area contributed by atoms with Gasteiger partial charge in [-0.05, 0) is 73.0 Å². The Bertz CT molecular complexity index is 1260. The van der Waals surface area contributed by atoms with Crippen LogP contribution in [0.2, 0.25) is 0 Å². The van der Waals surface area contributed by atoms with E-state index in [4.69, 9.17) is 9.47 Å². The summed E-state index contributed by atoms with van der Waals surface area (Å²) >= 11 is 0. The first-order valence-electron chi connectivity index (χ1n) is 11.9. The number of nitrogens with one attached hydrogen (secondary N) is 1. The molecule has 34 heavy (non-hydrogen) atoms. The molecule has 1 heterocycles. The van der Waals surface area contributed by atoms with E-state index >= 15 is 0 Å². The number of fused-ring (bicyclic) bond motifs is 2. The molecular weight excluding hydrogens is 448 g/mol. The normalized spacial score (nSPS) is 14.2. The first kappa shape index (κ1) is 24.5. The van der Waals surface area contributed by atoms with Crippen LogP contribution in [0.25, 0.3) is 10.8 Å². The molecule has 7 heteroatoms. The van der Waals surface area contributed by atoms with E-state index in [9.17, 15) is 8.42 Å². The Morgan fingerprint density at radius 3 is 2.35 bits per heavy atom. The lowest BCUT2D eigenvalue weighted by Gasteiger charge is -2.29. The average molecular weight is 483 g/mol. The lowest BCUT2D eigenvalue weighted by Crippen LogP contribution is -2.31. The number of hydrogen-bond acceptors (Lipinski definition) is 5. The number of rotatable bonds is 10. The summed E-state index contributed by atoms with van der Waals surface area (Å²) in [6, 6.07) is 15.4. The van der Waals surface area contributed by atoms with Gasteiger partial charge in [0.2, 0.25) is 10.0 Å². The number of methoxy groups -OCH3 is 2. The molecule has 0 aromatic heterocycles. The highest BCUT2D eigenvalue weighted by atomic mass is 32.2. The molecule has 0 bridgehead atoms. The Morgan fingerprint density at radius 2 is 1.62 bits per heavy atom. The van der Waals surface area contributed by atoms with Crippen LogP contribution in [0, 0.1) is 6.92 Å². The fourth-order valence-electron chi connectivity index (χ4n) is 4.71. The van der Waals surface area contributed by atoms with Crippen LogP contribution in [0.4, 0.5) is 0 Å². The van der Waals surface area contributed by atoms with Gasteiger partial charge in [-0.25, -0.2) is 13.1 Å². The molecule has 0 aliphatic carbocycles. The van der Waals surface area contributed by atoms with Crippen LogP contribution in [0.3, 0.4) is 0 Å². The van der Waals surface area contributed by atoms with Crippen LogP contribution >= 0.6 is 0 Å². The van der Waals surface area contributed by atoms with Crippen LogP contribution in [-0.2, 0) is 23.0 Å². The third kappa shape index (κ3) is 5.37. The van der Waals surface area contributed by atoms with E-state index in [0.717, 1.165) is 73.2 Å². The Morgan fingerprint density at radius 1 is 0.912 bits per heavy atom. The fourth-order valence-corrected chi connectivity index (χ4v) is 5.99. The second-order valence-corrected chi connectivity index (χ2v) is 10.6. The molecule has 1 aliphatic heterocycles. The summed E-state index contributed by atoms with van der Waals surface area (Å²) in [7, 11) is -0.204. The Hall–Kier alpha value is -2.61. The lowest BCUT2D eigenvalue weighted by molar-refractivity contribution is 0.247. The molecule has 4 rings (SSSR count). The second kappa shape index (κ2) is 10.8. The van der Waals surface area contributed by atoms with Crippen molar-refractivity contribution in [2.24, 2.45) is 0 Å². The highest BCUT2D eigenvalue weighted by Crippen LogP contribution is 2.33. The molecule has 0 spiro atoms. The van der Waals surface area contributed by atoms with Gasteiger partial charge in [0, 0.05) is 25.0 Å². The molecule has 0 amide bonds. The Balaban J connectivity index is 1.25. The van der Waals surface area contributed by atoms with Gasteiger partial charge in [0.05, 0.1) is 19.1 Å². The van der Waals surface area contributed by atoms with Crippen molar-refractivity contribution >= 4 is 20.8 Å². The summed E-state index contributed by atoms with van der Waals surface area (Å²) in [4.78, 5) is 2.81. The van der Waals surface area contributed by atoms with Crippen LogP contribution < -0.4 is 14.2 Å². The van der Waals surface area contributed by atoms with E-state index in [1.807, 2.05) is 37.3 Å². The summed E-state index contributed by atoms with van der Waals surface area (Å²) in [6.07, 6.45) is 3.84. The summed E-state index contributed by atoms with van der Waals surface area (Å²) in [5.41, 5.74) is 3.70. The second-order valence-electron chi connectivity index (χ2n) is 8.89. The summed E-state index contributed by atoms with van der Waals surface area (Å²) in [5.74, 6) is 1.56. The van der Waals surface area contributed by atoms with E-state index in [1.165, 1.54) is 11.1 Å². The largest absolute Gasteiger partial charge is 0.493 e. The van der Waals surface area contributed by atoms with Crippen LogP contribution in [-0.4, -0.2) is 47.2 Å². The van der Waals surface area contributed by atoms with E-state index in [1.54, 1.807) is 20.3 Å². The van der Waals surface area contributed by atoms with E-state index < -0.39 is 10.0 Å². The number of nitrogens with zero attached hydrogens (tertiary/aromatic N) is 1. The molecular formula is C27H34N2O4S. The first-order valence-corrected chi connectivity index (χ1v) is 13.4. The van der Waals surface area contributed by atoms with Gasteiger partial charge in [0.15, 0.2) is 11.5 Å². The van der Waals surface area contributed by atoms with Crippen molar-refractivity contribution in [3.8, 4) is 11.5 Å². The van der Waals surface area contributed by atoms with Crippen molar-refractivity contribution in [1.29, 1.82) is 0 Å². The van der Waals surface area contributed by atoms with Gasteiger partial charge in [0.1, 0.15) is 0 Å². The molecule has 1 N–H and O–H groups in total. The number of ether oxygens (including phenoxy) is 2. The van der Waals surface area contributed by atoms with Crippen molar-refractivity contribution in [3.05, 3.63) is 65.2 Å². The Kier molecular flexibility index (Phi) is 7.76. The quantitative estimate of drug-likeness (QED) is 0.425. The molecule has 0 saturated heterocycles. The predicted octanol–water partition coefficient (Wildman–Crippen LogP) is 4.67. The van der Waals surface area contributed by atoms with Crippen molar-refractivity contribution in [1.82, 2.24) is 9.62 Å². The standard InChI is InChI=1S/C27H34N2O4S/c1-20-11-12-27(24-10-6-5-9-23(20)24)34(30,31)28-14-7-4-8-15-29-16-13-21-17-25(32-2)26(33-3)18-22(21)19-29/h5-6,9-12,17-18,28H,4,7-8,13-16,19H2,1-3H3. The molecule has 0 saturated carbocycles. The predicted molar refractivity (Wildman–Crippen MR) is 136 cm³/mol. The number of hydrogen-bond donors (Lipinski definition) is 1. The van der Waals surface area contributed by atoms with E-state index in [0.29, 0.717) is 11.4 Å². The molecule has 1 aliphatic rings. The first-order chi connectivity index (χ1) is 16.4. The molecule has 0 atom stereocenters. The van der Waals surface area contributed by atoms with E-state index in [2.05, 4.69) is 21.8 Å². The zero-order valence-electron chi connectivity index (χ0n) is 20.3. The minimum atomic E-state index is -3.54. The summed E-state index contributed by atoms with van der Waals surface area (Å²) in [5, 5.41) is 1.75. The van der Waals surface area contributed by atoms with Crippen molar-refractivity contribution in [3.63, 3.8) is 0 Å². The number of unbranched alkanes of at least 4 members (excludes halogenated alkanes) is 2. The zero-order chi connectivity index (χ0) is 24.1. The van der Waals surface area contributed by atoms with Crippen LogP contribution in [0.15, 0.2) is 53.4 Å². The molecule has 182 valence electrons. The highest BCUT2D eigenvalue weighted by Gasteiger charge is 2.20. The number of sulfonamides is 1. The average Bonchev–Trinajstić information content (AvgIpc) is 2.85. The Labute approximate surface area is 202 Å². The van der Waals surface area contributed by atoms with Gasteiger partial charge in [-0.15, -0.1) is 0 Å². The molecule has 0 unspecified atom stereocenters. The van der Waals surface area contributed by atoms with Crippen LogP contribution in [0.1, 0.15) is 36.0 Å². The van der Waals surface area contributed by atoms with Crippen LogP contribution in [0.5, 0.6) is 11.5 Å². The fraction of sp³-hybridized carbons (Fsp3) is 0.407. The van der Waals surface area contributed by atoms with Crippen molar-refractivity contribution < 1.29 is 17.9 Å². The van der Waals surface area contributed by atoms with Gasteiger partial charge < -0.3 is 9.47 Å². The van der Waals surface area contributed by atoms with Crippen molar-refractivity contribution in [2.45, 2.75) is 44.0 Å². The van der Waals surface area contributed by atoms with Gasteiger partial charge in [-0.1, -0.05) is 36.8 Å². The van der Waals surface area contributed by atoms with Gasteiger partial charge in [-0.3, -0.25) is 4.90 Å². The number of aryl methyl sites for hydroxylation is 1. The van der Waals surface area contributed by atoms with Crippen molar-refractivity contribution in [2.75, 3.05) is 33.9 Å². The topological polar surface area (TPSA) is 67.9 Å². The molecule has 6 nitrogen and oxygen atoms in total. The van der Waals surface area contributed by atoms with E-state index in [-0.39, 0.29) is 0 Å². The van der Waals surface area contributed by atoms with Gasteiger partial charge in [-0.2, -0.15) is 0 Å². The third-order valence-corrected chi connectivity index (χ3v) is 8.15.